The lowest BCUT2D eigenvalue weighted by Gasteiger charge is -2.09. The van der Waals surface area contributed by atoms with E-state index in [1.807, 2.05) is 42.5 Å². The monoisotopic (exact) mass is 481 g/mol. The van der Waals surface area contributed by atoms with Crippen LogP contribution in [0.4, 0.5) is 11.4 Å². The SMILES string of the molecule is N#C/C(=C\c1ccc(OCC(=O)Nc2cccc(Cl)c2)cc1)C(=O)Nc1cccc2ccccc12. The van der Waals surface area contributed by atoms with Crippen LogP contribution in [0, 0.1) is 11.3 Å². The van der Waals surface area contributed by atoms with E-state index in [1.54, 1.807) is 54.6 Å². The smallest absolute Gasteiger partial charge is 0.266 e. The van der Waals surface area contributed by atoms with Gasteiger partial charge < -0.3 is 15.4 Å². The van der Waals surface area contributed by atoms with Crippen LogP contribution in [0.25, 0.3) is 16.8 Å². The summed E-state index contributed by atoms with van der Waals surface area (Å²) in [5.41, 5.74) is 1.82. The van der Waals surface area contributed by atoms with Crippen molar-refractivity contribution in [1.82, 2.24) is 0 Å². The zero-order valence-corrected chi connectivity index (χ0v) is 19.3. The highest BCUT2D eigenvalue weighted by Gasteiger charge is 2.11. The summed E-state index contributed by atoms with van der Waals surface area (Å²) in [6.07, 6.45) is 1.50. The Hall–Kier alpha value is -4.60. The fraction of sp³-hybridized carbons (Fsp3) is 0.0357. The topological polar surface area (TPSA) is 91.2 Å². The second-order valence-corrected chi connectivity index (χ2v) is 8.00. The van der Waals surface area contributed by atoms with E-state index in [1.165, 1.54) is 6.08 Å². The molecule has 0 bridgehead atoms. The highest BCUT2D eigenvalue weighted by atomic mass is 35.5. The van der Waals surface area contributed by atoms with Crippen LogP contribution >= 0.6 is 11.6 Å². The van der Waals surface area contributed by atoms with Gasteiger partial charge in [0.2, 0.25) is 0 Å². The Labute approximate surface area is 207 Å². The van der Waals surface area contributed by atoms with Gasteiger partial charge in [0, 0.05) is 21.8 Å². The molecular weight excluding hydrogens is 462 g/mol. The van der Waals surface area contributed by atoms with Crippen LogP contribution in [0.15, 0.2) is 96.6 Å². The molecule has 0 aliphatic heterocycles. The molecule has 172 valence electrons. The lowest BCUT2D eigenvalue weighted by molar-refractivity contribution is -0.118. The quantitative estimate of drug-likeness (QED) is 0.248. The Bertz CT molecular complexity index is 1450. The van der Waals surface area contributed by atoms with Crippen LogP contribution in [0.3, 0.4) is 0 Å². The van der Waals surface area contributed by atoms with Gasteiger partial charge in [0.1, 0.15) is 17.4 Å². The van der Waals surface area contributed by atoms with E-state index in [0.29, 0.717) is 27.7 Å². The molecule has 0 saturated heterocycles. The van der Waals surface area contributed by atoms with Gasteiger partial charge in [-0.3, -0.25) is 9.59 Å². The lowest BCUT2D eigenvalue weighted by Crippen LogP contribution is -2.20. The molecule has 2 N–H and O–H groups in total. The van der Waals surface area contributed by atoms with Crippen molar-refractivity contribution < 1.29 is 14.3 Å². The number of hydrogen-bond donors (Lipinski definition) is 2. The van der Waals surface area contributed by atoms with Gasteiger partial charge in [-0.2, -0.15) is 5.26 Å². The molecule has 4 aromatic rings. The molecule has 0 aliphatic rings. The van der Waals surface area contributed by atoms with E-state index in [0.717, 1.165) is 10.8 Å². The molecule has 0 aromatic heterocycles. The van der Waals surface area contributed by atoms with Crippen molar-refractivity contribution in [1.29, 1.82) is 5.26 Å². The highest BCUT2D eigenvalue weighted by Crippen LogP contribution is 2.24. The summed E-state index contributed by atoms with van der Waals surface area (Å²) in [6, 6.07) is 28.8. The number of ether oxygens (including phenoxy) is 1. The predicted octanol–water partition coefficient (Wildman–Crippen LogP) is 6.06. The van der Waals surface area contributed by atoms with Gasteiger partial charge in [0.05, 0.1) is 0 Å². The Balaban J connectivity index is 1.38. The second-order valence-electron chi connectivity index (χ2n) is 7.57. The van der Waals surface area contributed by atoms with E-state index >= 15 is 0 Å². The molecule has 0 fully saturated rings. The summed E-state index contributed by atoms with van der Waals surface area (Å²) in [4.78, 5) is 24.8. The average Bonchev–Trinajstić information content (AvgIpc) is 2.87. The average molecular weight is 482 g/mol. The molecule has 6 nitrogen and oxygen atoms in total. The number of amides is 2. The number of hydrogen-bond acceptors (Lipinski definition) is 4. The van der Waals surface area contributed by atoms with Crippen LogP contribution in [0.2, 0.25) is 5.02 Å². The zero-order valence-electron chi connectivity index (χ0n) is 18.5. The van der Waals surface area contributed by atoms with Crippen molar-refractivity contribution in [2.75, 3.05) is 17.2 Å². The third-order valence-corrected chi connectivity index (χ3v) is 5.31. The highest BCUT2D eigenvalue weighted by molar-refractivity contribution is 6.30. The minimum Gasteiger partial charge on any atom is -0.484 e. The van der Waals surface area contributed by atoms with Crippen LogP contribution < -0.4 is 15.4 Å². The fourth-order valence-electron chi connectivity index (χ4n) is 3.41. The molecule has 4 aromatic carbocycles. The number of halogens is 1. The van der Waals surface area contributed by atoms with E-state index in [2.05, 4.69) is 10.6 Å². The van der Waals surface area contributed by atoms with E-state index in [-0.39, 0.29) is 18.1 Å². The van der Waals surface area contributed by atoms with Gasteiger partial charge in [-0.15, -0.1) is 0 Å². The second kappa shape index (κ2) is 11.0. The molecule has 7 heteroatoms. The summed E-state index contributed by atoms with van der Waals surface area (Å²) in [6.45, 7) is -0.182. The summed E-state index contributed by atoms with van der Waals surface area (Å²) < 4.78 is 5.51. The summed E-state index contributed by atoms with van der Waals surface area (Å²) >= 11 is 5.91. The molecule has 4 rings (SSSR count). The predicted molar refractivity (Wildman–Crippen MR) is 138 cm³/mol. The first kappa shape index (κ1) is 23.6. The van der Waals surface area contributed by atoms with Crippen molar-refractivity contribution in [3.8, 4) is 11.8 Å². The van der Waals surface area contributed by atoms with E-state index < -0.39 is 5.91 Å². The van der Waals surface area contributed by atoms with Crippen molar-refractivity contribution in [2.24, 2.45) is 0 Å². The molecule has 0 unspecified atom stereocenters. The van der Waals surface area contributed by atoms with Gasteiger partial charge in [0.15, 0.2) is 6.61 Å². The zero-order chi connectivity index (χ0) is 24.6. The maximum atomic E-state index is 12.7. The van der Waals surface area contributed by atoms with Gasteiger partial charge in [0.25, 0.3) is 11.8 Å². The number of rotatable bonds is 7. The summed E-state index contributed by atoms with van der Waals surface area (Å²) in [5, 5.41) is 17.5. The number of nitrogens with one attached hydrogen (secondary N) is 2. The number of carbonyl (C=O) groups excluding carboxylic acids is 2. The number of nitrogens with zero attached hydrogens (tertiary/aromatic N) is 1. The molecule has 0 radical (unpaired) electrons. The molecule has 0 atom stereocenters. The molecule has 0 saturated carbocycles. The minimum absolute atomic E-state index is 0.0347. The number of benzene rings is 4. The Morgan fingerprint density at radius 3 is 2.43 bits per heavy atom. The van der Waals surface area contributed by atoms with Gasteiger partial charge in [-0.05, 0) is 53.4 Å². The Morgan fingerprint density at radius 1 is 0.914 bits per heavy atom. The van der Waals surface area contributed by atoms with E-state index in [4.69, 9.17) is 16.3 Å². The molecular formula is C28H20ClN3O3. The van der Waals surface area contributed by atoms with Crippen molar-refractivity contribution in [2.45, 2.75) is 0 Å². The standard InChI is InChI=1S/C28H20ClN3O3/c29-22-7-4-8-23(16-22)31-27(33)18-35-24-13-11-19(12-14-24)15-21(17-30)28(34)32-26-10-3-6-20-5-1-2-9-25(20)26/h1-16H,18H2,(H,31,33)(H,32,34)/b21-15+. The minimum atomic E-state index is -0.498. The van der Waals surface area contributed by atoms with Crippen molar-refractivity contribution in [3.63, 3.8) is 0 Å². The van der Waals surface area contributed by atoms with Gasteiger partial charge in [-0.25, -0.2) is 0 Å². The first-order valence-electron chi connectivity index (χ1n) is 10.7. The van der Waals surface area contributed by atoms with Crippen LogP contribution in [0.5, 0.6) is 5.75 Å². The van der Waals surface area contributed by atoms with Gasteiger partial charge >= 0.3 is 0 Å². The van der Waals surface area contributed by atoms with Crippen molar-refractivity contribution >= 4 is 51.6 Å². The normalized spacial score (nSPS) is 10.9. The third kappa shape index (κ3) is 6.26. The third-order valence-electron chi connectivity index (χ3n) is 5.07. The van der Waals surface area contributed by atoms with Crippen LogP contribution in [-0.2, 0) is 9.59 Å². The molecule has 35 heavy (non-hydrogen) atoms. The summed E-state index contributed by atoms with van der Waals surface area (Å²) in [5.74, 6) is -0.350. The number of anilines is 2. The number of carbonyl (C=O) groups is 2. The maximum Gasteiger partial charge on any atom is 0.266 e. The Morgan fingerprint density at radius 2 is 1.66 bits per heavy atom. The van der Waals surface area contributed by atoms with Crippen LogP contribution in [0.1, 0.15) is 5.56 Å². The van der Waals surface area contributed by atoms with Crippen LogP contribution in [-0.4, -0.2) is 18.4 Å². The first-order valence-corrected chi connectivity index (χ1v) is 11.1. The molecule has 0 spiro atoms. The van der Waals surface area contributed by atoms with Crippen molar-refractivity contribution in [3.05, 3.63) is 107 Å². The molecule has 2 amide bonds. The van der Waals surface area contributed by atoms with Gasteiger partial charge in [-0.1, -0.05) is 66.2 Å². The first-order chi connectivity index (χ1) is 17.0. The summed E-state index contributed by atoms with van der Waals surface area (Å²) in [7, 11) is 0. The lowest BCUT2D eigenvalue weighted by atomic mass is 10.1. The number of fused-ring (bicyclic) bond motifs is 1. The maximum absolute atomic E-state index is 12.7. The van der Waals surface area contributed by atoms with E-state index in [9.17, 15) is 14.9 Å². The molecule has 0 aliphatic carbocycles. The Kier molecular flexibility index (Phi) is 7.41. The number of nitriles is 1. The fourth-order valence-corrected chi connectivity index (χ4v) is 3.60. The molecule has 0 heterocycles. The largest absolute Gasteiger partial charge is 0.484 e.